The number of amides is 3. The number of nitrogens with one attached hydrogen (secondary N) is 2. The normalized spacial score (nSPS) is 23.9. The van der Waals surface area contributed by atoms with Crippen molar-refractivity contribution in [2.75, 3.05) is 5.88 Å². The summed E-state index contributed by atoms with van der Waals surface area (Å²) in [5.74, 6) is -1.30. The predicted octanol–water partition coefficient (Wildman–Crippen LogP) is 3.69. The molecule has 0 bridgehead atoms. The molecule has 0 radical (unpaired) electrons. The van der Waals surface area contributed by atoms with E-state index in [-0.39, 0.29) is 30.2 Å². The lowest BCUT2D eigenvalue weighted by Crippen LogP contribution is -2.59. The molecule has 1 saturated carbocycles. The van der Waals surface area contributed by atoms with Crippen molar-refractivity contribution in [1.29, 1.82) is 0 Å². The van der Waals surface area contributed by atoms with Crippen LogP contribution in [0.3, 0.4) is 0 Å². The van der Waals surface area contributed by atoms with Gasteiger partial charge in [-0.15, -0.1) is 11.8 Å². The molecule has 210 valence electrons. The molecule has 10 heteroatoms. The largest absolute Gasteiger partial charge is 0.381 e. The van der Waals surface area contributed by atoms with E-state index in [1.54, 1.807) is 36.0 Å². The zero-order valence-electron chi connectivity index (χ0n) is 22.6. The SMILES string of the molecule is Cn1cccc1C(=O)NC1([C@H](O)C(=O)N2CSC(C)(C)[C@H]2C(=O)NCc2ccccc2Cl)C[C@H]1c1ccccc1. The zero-order valence-corrected chi connectivity index (χ0v) is 24.2. The van der Waals surface area contributed by atoms with E-state index in [4.69, 9.17) is 11.6 Å². The Balaban J connectivity index is 1.39. The van der Waals surface area contributed by atoms with Crippen LogP contribution >= 0.6 is 23.4 Å². The summed E-state index contributed by atoms with van der Waals surface area (Å²) in [4.78, 5) is 42.2. The highest BCUT2D eigenvalue weighted by Crippen LogP contribution is 2.54. The van der Waals surface area contributed by atoms with Crippen LogP contribution in [-0.2, 0) is 23.2 Å². The highest BCUT2D eigenvalue weighted by atomic mass is 35.5. The topological polar surface area (TPSA) is 104 Å². The van der Waals surface area contributed by atoms with Gasteiger partial charge in [-0.2, -0.15) is 0 Å². The Hall–Kier alpha value is -3.27. The summed E-state index contributed by atoms with van der Waals surface area (Å²) in [6.07, 6.45) is 0.615. The Morgan fingerprint density at radius 1 is 1.07 bits per heavy atom. The lowest BCUT2D eigenvalue weighted by Gasteiger charge is -2.34. The highest BCUT2D eigenvalue weighted by molar-refractivity contribution is 8.00. The fraction of sp³-hybridized carbons (Fsp3) is 0.367. The van der Waals surface area contributed by atoms with Crippen molar-refractivity contribution in [2.45, 2.75) is 55.2 Å². The van der Waals surface area contributed by atoms with E-state index in [9.17, 15) is 19.5 Å². The summed E-state index contributed by atoms with van der Waals surface area (Å²) in [6.45, 7) is 4.04. The summed E-state index contributed by atoms with van der Waals surface area (Å²) in [5.41, 5.74) is 0.916. The van der Waals surface area contributed by atoms with Crippen molar-refractivity contribution < 1.29 is 19.5 Å². The number of benzene rings is 2. The second kappa shape index (κ2) is 11.0. The molecule has 1 aliphatic carbocycles. The van der Waals surface area contributed by atoms with Crippen molar-refractivity contribution >= 4 is 41.1 Å². The summed E-state index contributed by atoms with van der Waals surface area (Å²) in [5, 5.41) is 18.1. The number of halogens is 1. The number of nitrogens with zero attached hydrogens (tertiary/aromatic N) is 2. The molecule has 1 unspecified atom stereocenters. The summed E-state index contributed by atoms with van der Waals surface area (Å²) >= 11 is 7.74. The van der Waals surface area contributed by atoms with Crippen molar-refractivity contribution in [2.24, 2.45) is 7.05 Å². The first kappa shape index (κ1) is 28.3. The van der Waals surface area contributed by atoms with Gasteiger partial charge in [-0.3, -0.25) is 14.4 Å². The molecule has 2 aliphatic rings. The van der Waals surface area contributed by atoms with Crippen LogP contribution in [0, 0.1) is 0 Å². The van der Waals surface area contributed by atoms with Crippen LogP contribution in [-0.4, -0.2) is 60.6 Å². The van der Waals surface area contributed by atoms with Crippen LogP contribution in [0.15, 0.2) is 72.9 Å². The lowest BCUT2D eigenvalue weighted by molar-refractivity contribution is -0.147. The third kappa shape index (κ3) is 5.25. The fourth-order valence-electron chi connectivity index (χ4n) is 5.57. The van der Waals surface area contributed by atoms with Gasteiger partial charge in [-0.1, -0.05) is 60.1 Å². The summed E-state index contributed by atoms with van der Waals surface area (Å²) in [6, 6.07) is 19.4. The molecule has 4 atom stereocenters. The maximum Gasteiger partial charge on any atom is 0.268 e. The fourth-order valence-corrected chi connectivity index (χ4v) is 6.91. The summed E-state index contributed by atoms with van der Waals surface area (Å²) in [7, 11) is 1.76. The molecule has 8 nitrogen and oxygen atoms in total. The summed E-state index contributed by atoms with van der Waals surface area (Å²) < 4.78 is 1.10. The van der Waals surface area contributed by atoms with Crippen LogP contribution in [0.25, 0.3) is 0 Å². The van der Waals surface area contributed by atoms with E-state index in [1.807, 2.05) is 62.4 Å². The first-order chi connectivity index (χ1) is 19.0. The number of hydrogen-bond acceptors (Lipinski definition) is 5. The maximum atomic E-state index is 14.0. The average molecular weight is 581 g/mol. The molecule has 40 heavy (non-hydrogen) atoms. The van der Waals surface area contributed by atoms with Gasteiger partial charge in [0, 0.05) is 35.5 Å². The number of carbonyl (C=O) groups excluding carboxylic acids is 3. The third-order valence-corrected chi connectivity index (χ3v) is 9.68. The standard InChI is InChI=1S/C30H33ClN4O4S/c1-29(2)24(27(38)32-17-20-12-7-8-13-22(20)31)35(18-40-29)28(39)25(36)30(16-21(30)19-10-5-4-6-11-19)33-26(37)23-14-9-15-34(23)3/h4-15,21,24-25,36H,16-18H2,1-3H3,(H,32,38)(H,33,37)/t21-,24+,25+,30?/m0/s1. The molecular weight excluding hydrogens is 548 g/mol. The van der Waals surface area contributed by atoms with Crippen LogP contribution in [0.2, 0.25) is 5.02 Å². The molecule has 3 aromatic rings. The van der Waals surface area contributed by atoms with Gasteiger partial charge in [-0.25, -0.2) is 0 Å². The number of carbonyl (C=O) groups is 3. The molecular formula is C30H33ClN4O4S. The Morgan fingerprint density at radius 2 is 1.77 bits per heavy atom. The number of aliphatic hydroxyl groups is 1. The minimum Gasteiger partial charge on any atom is -0.381 e. The molecule has 3 amide bonds. The van der Waals surface area contributed by atoms with Gasteiger partial charge in [0.2, 0.25) is 5.91 Å². The molecule has 3 N–H and O–H groups in total. The average Bonchev–Trinajstić information content (AvgIpc) is 3.33. The highest BCUT2D eigenvalue weighted by Gasteiger charge is 2.64. The second-order valence-corrected chi connectivity index (χ2v) is 13.0. The smallest absolute Gasteiger partial charge is 0.268 e. The van der Waals surface area contributed by atoms with Gasteiger partial charge < -0.3 is 25.2 Å². The molecule has 1 saturated heterocycles. The van der Waals surface area contributed by atoms with E-state index in [0.717, 1.165) is 11.1 Å². The van der Waals surface area contributed by atoms with Crippen LogP contribution in [0.5, 0.6) is 0 Å². The van der Waals surface area contributed by atoms with E-state index >= 15 is 0 Å². The van der Waals surface area contributed by atoms with Crippen molar-refractivity contribution in [1.82, 2.24) is 20.1 Å². The number of aliphatic hydroxyl groups excluding tert-OH is 1. The van der Waals surface area contributed by atoms with Crippen LogP contribution in [0.4, 0.5) is 0 Å². The molecule has 5 rings (SSSR count). The van der Waals surface area contributed by atoms with E-state index < -0.39 is 28.3 Å². The lowest BCUT2D eigenvalue weighted by atomic mass is 9.96. The first-order valence-corrected chi connectivity index (χ1v) is 14.5. The maximum absolute atomic E-state index is 14.0. The molecule has 1 aliphatic heterocycles. The number of rotatable bonds is 8. The van der Waals surface area contributed by atoms with Crippen molar-refractivity contribution in [3.63, 3.8) is 0 Å². The Labute approximate surface area is 243 Å². The van der Waals surface area contributed by atoms with E-state index in [0.29, 0.717) is 17.1 Å². The minimum absolute atomic E-state index is 0.215. The van der Waals surface area contributed by atoms with Gasteiger partial charge in [0.05, 0.1) is 11.4 Å². The van der Waals surface area contributed by atoms with Gasteiger partial charge in [0.25, 0.3) is 11.8 Å². The van der Waals surface area contributed by atoms with Gasteiger partial charge in [0.1, 0.15) is 11.7 Å². The second-order valence-electron chi connectivity index (χ2n) is 11.0. The molecule has 1 aromatic heterocycles. The quantitative estimate of drug-likeness (QED) is 0.377. The predicted molar refractivity (Wildman–Crippen MR) is 156 cm³/mol. The van der Waals surface area contributed by atoms with Crippen LogP contribution < -0.4 is 10.6 Å². The van der Waals surface area contributed by atoms with E-state index in [1.165, 1.54) is 16.7 Å². The minimum atomic E-state index is -1.55. The van der Waals surface area contributed by atoms with Crippen molar-refractivity contribution in [3.05, 3.63) is 94.8 Å². The zero-order chi connectivity index (χ0) is 28.7. The Bertz CT molecular complexity index is 1430. The van der Waals surface area contributed by atoms with Gasteiger partial charge in [0.15, 0.2) is 6.10 Å². The molecule has 2 fully saturated rings. The number of aryl methyl sites for hydroxylation is 1. The van der Waals surface area contributed by atoms with E-state index in [2.05, 4.69) is 10.6 Å². The van der Waals surface area contributed by atoms with Gasteiger partial charge >= 0.3 is 0 Å². The van der Waals surface area contributed by atoms with Gasteiger partial charge in [-0.05, 0) is 49.6 Å². The molecule has 0 spiro atoms. The molecule has 2 heterocycles. The third-order valence-electron chi connectivity index (χ3n) is 7.94. The number of aromatic nitrogens is 1. The Morgan fingerprint density at radius 3 is 2.45 bits per heavy atom. The monoisotopic (exact) mass is 580 g/mol. The number of hydrogen-bond donors (Lipinski definition) is 3. The van der Waals surface area contributed by atoms with Crippen molar-refractivity contribution in [3.8, 4) is 0 Å². The number of thioether (sulfide) groups is 1. The van der Waals surface area contributed by atoms with Crippen LogP contribution in [0.1, 0.15) is 47.8 Å². The molecule has 2 aromatic carbocycles. The Kier molecular flexibility index (Phi) is 7.74. The first-order valence-electron chi connectivity index (χ1n) is 13.2.